The Labute approximate surface area is 174 Å². The Hall–Kier alpha value is -2.08. The second-order valence-electron chi connectivity index (χ2n) is 8.49. The first-order chi connectivity index (χ1) is 14.2. The zero-order valence-corrected chi connectivity index (χ0v) is 17.4. The molecule has 2 aromatic rings. The smallest absolute Gasteiger partial charge is 0.193 e. The Morgan fingerprint density at radius 3 is 2.21 bits per heavy atom. The summed E-state index contributed by atoms with van der Waals surface area (Å²) < 4.78 is 0. The molecule has 5 nitrogen and oxygen atoms in total. The highest BCUT2D eigenvalue weighted by molar-refractivity contribution is 6.08. The molecule has 1 aromatic carbocycles. The maximum absolute atomic E-state index is 12.5. The van der Waals surface area contributed by atoms with Gasteiger partial charge in [-0.05, 0) is 76.6 Å². The molecule has 0 atom stereocenters. The van der Waals surface area contributed by atoms with E-state index in [0.29, 0.717) is 11.6 Å². The quantitative estimate of drug-likeness (QED) is 0.766. The fourth-order valence-corrected chi connectivity index (χ4v) is 4.53. The predicted octanol–water partition coefficient (Wildman–Crippen LogP) is 2.96. The number of aromatic nitrogens is 1. The molecule has 0 spiro atoms. The van der Waals surface area contributed by atoms with Crippen molar-refractivity contribution < 1.29 is 4.79 Å². The van der Waals surface area contributed by atoms with Crippen molar-refractivity contribution in [1.29, 1.82) is 0 Å². The number of piperidine rings is 2. The van der Waals surface area contributed by atoms with Crippen molar-refractivity contribution >= 4 is 5.78 Å². The topological polar surface area (TPSA) is 48.5 Å². The van der Waals surface area contributed by atoms with Gasteiger partial charge in [-0.25, -0.2) is 0 Å². The molecule has 2 saturated heterocycles. The summed E-state index contributed by atoms with van der Waals surface area (Å²) in [6, 6.07) is 12.9. The normalized spacial score (nSPS) is 20.0. The average Bonchev–Trinajstić information content (AvgIpc) is 2.79. The van der Waals surface area contributed by atoms with Crippen LogP contribution in [0.15, 0.2) is 48.8 Å². The number of benzene rings is 1. The van der Waals surface area contributed by atoms with Crippen LogP contribution in [0.4, 0.5) is 0 Å². The number of hydrogen-bond donors (Lipinski definition) is 1. The van der Waals surface area contributed by atoms with Gasteiger partial charge in [0.25, 0.3) is 0 Å². The van der Waals surface area contributed by atoms with Gasteiger partial charge in [0, 0.05) is 42.1 Å². The van der Waals surface area contributed by atoms with Gasteiger partial charge in [-0.1, -0.05) is 24.3 Å². The zero-order chi connectivity index (χ0) is 20.1. The number of ketones is 1. The van der Waals surface area contributed by atoms with E-state index in [1.165, 1.54) is 57.4 Å². The van der Waals surface area contributed by atoms with E-state index in [2.05, 4.69) is 39.3 Å². The number of rotatable bonds is 6. The second-order valence-corrected chi connectivity index (χ2v) is 8.49. The van der Waals surface area contributed by atoms with Gasteiger partial charge in [0.2, 0.25) is 0 Å². The Balaban J connectivity index is 1.22. The van der Waals surface area contributed by atoms with Crippen LogP contribution in [0.1, 0.15) is 47.2 Å². The lowest BCUT2D eigenvalue weighted by molar-refractivity contribution is 0.0921. The number of carbonyl (C=O) groups is 1. The first-order valence-electron chi connectivity index (χ1n) is 10.9. The standard InChI is InChI=1S/C24H32N4O/c1-27-14-10-23(11-15-27)28-16-8-22(9-17-28)26-18-19-2-4-20(5-3-19)24(29)21-6-12-25-13-7-21/h2-7,12-13,22-23,26H,8-11,14-18H2,1H3. The molecule has 29 heavy (non-hydrogen) atoms. The van der Waals surface area contributed by atoms with Crippen molar-refractivity contribution in [3.8, 4) is 0 Å². The maximum atomic E-state index is 12.5. The van der Waals surface area contributed by atoms with Crippen molar-refractivity contribution in [2.75, 3.05) is 33.2 Å². The van der Waals surface area contributed by atoms with Crippen LogP contribution >= 0.6 is 0 Å². The SMILES string of the molecule is CN1CCC(N2CCC(NCc3ccc(C(=O)c4ccncc4)cc3)CC2)CC1. The third-order valence-corrected chi connectivity index (χ3v) is 6.49. The Morgan fingerprint density at radius 1 is 0.931 bits per heavy atom. The fourth-order valence-electron chi connectivity index (χ4n) is 4.53. The Kier molecular flexibility index (Phi) is 6.70. The van der Waals surface area contributed by atoms with Crippen LogP contribution in [-0.2, 0) is 6.54 Å². The molecular formula is C24H32N4O. The molecule has 0 amide bonds. The summed E-state index contributed by atoms with van der Waals surface area (Å²) in [6.07, 6.45) is 8.40. The second kappa shape index (κ2) is 9.61. The molecule has 0 aliphatic carbocycles. The molecular weight excluding hydrogens is 360 g/mol. The number of likely N-dealkylation sites (tertiary alicyclic amines) is 2. The van der Waals surface area contributed by atoms with Crippen molar-refractivity contribution in [1.82, 2.24) is 20.1 Å². The third kappa shape index (κ3) is 5.30. The highest BCUT2D eigenvalue weighted by Gasteiger charge is 2.27. The molecule has 154 valence electrons. The summed E-state index contributed by atoms with van der Waals surface area (Å²) in [5.74, 6) is 0.0492. The summed E-state index contributed by atoms with van der Waals surface area (Å²) in [4.78, 5) is 21.6. The van der Waals surface area contributed by atoms with Gasteiger partial charge in [-0.2, -0.15) is 0 Å². The summed E-state index contributed by atoms with van der Waals surface area (Å²) in [5.41, 5.74) is 2.64. The molecule has 2 fully saturated rings. The molecule has 0 unspecified atom stereocenters. The van der Waals surface area contributed by atoms with E-state index in [1.807, 2.05) is 12.1 Å². The predicted molar refractivity (Wildman–Crippen MR) is 116 cm³/mol. The molecule has 4 rings (SSSR count). The van der Waals surface area contributed by atoms with Crippen molar-refractivity contribution in [2.24, 2.45) is 0 Å². The van der Waals surface area contributed by atoms with Crippen molar-refractivity contribution in [2.45, 2.75) is 44.3 Å². The molecule has 5 heteroatoms. The first-order valence-corrected chi connectivity index (χ1v) is 10.9. The van der Waals surface area contributed by atoms with Gasteiger partial charge >= 0.3 is 0 Å². The highest BCUT2D eigenvalue weighted by atomic mass is 16.1. The van der Waals surface area contributed by atoms with E-state index in [-0.39, 0.29) is 5.78 Å². The third-order valence-electron chi connectivity index (χ3n) is 6.49. The van der Waals surface area contributed by atoms with E-state index < -0.39 is 0 Å². The summed E-state index contributed by atoms with van der Waals surface area (Å²) in [7, 11) is 2.23. The molecule has 1 aromatic heterocycles. The minimum Gasteiger partial charge on any atom is -0.310 e. The van der Waals surface area contributed by atoms with Crippen LogP contribution in [0, 0.1) is 0 Å². The van der Waals surface area contributed by atoms with Crippen LogP contribution in [0.5, 0.6) is 0 Å². The van der Waals surface area contributed by atoms with E-state index in [0.717, 1.165) is 18.2 Å². The molecule has 1 N–H and O–H groups in total. The monoisotopic (exact) mass is 392 g/mol. The lowest BCUT2D eigenvalue weighted by Gasteiger charge is -2.41. The molecule has 3 heterocycles. The van der Waals surface area contributed by atoms with Gasteiger partial charge in [-0.3, -0.25) is 9.78 Å². The Morgan fingerprint density at radius 2 is 1.55 bits per heavy atom. The first kappa shape index (κ1) is 20.2. The van der Waals surface area contributed by atoms with Crippen LogP contribution in [0.3, 0.4) is 0 Å². The van der Waals surface area contributed by atoms with Crippen LogP contribution in [0.25, 0.3) is 0 Å². The van der Waals surface area contributed by atoms with Gasteiger partial charge in [0.1, 0.15) is 0 Å². The highest BCUT2D eigenvalue weighted by Crippen LogP contribution is 2.21. The summed E-state index contributed by atoms with van der Waals surface area (Å²) >= 11 is 0. The summed E-state index contributed by atoms with van der Waals surface area (Å²) in [5, 5.41) is 3.72. The van der Waals surface area contributed by atoms with Gasteiger partial charge in [0.15, 0.2) is 5.78 Å². The minimum absolute atomic E-state index is 0.0492. The molecule has 0 bridgehead atoms. The van der Waals surface area contributed by atoms with E-state index in [4.69, 9.17) is 0 Å². The molecule has 0 saturated carbocycles. The number of pyridine rings is 1. The molecule has 2 aliphatic heterocycles. The molecule has 2 aliphatic rings. The molecule has 0 radical (unpaired) electrons. The van der Waals surface area contributed by atoms with Gasteiger partial charge < -0.3 is 15.1 Å². The average molecular weight is 393 g/mol. The van der Waals surface area contributed by atoms with Crippen LogP contribution < -0.4 is 5.32 Å². The summed E-state index contributed by atoms with van der Waals surface area (Å²) in [6.45, 7) is 5.77. The number of carbonyl (C=O) groups excluding carboxylic acids is 1. The van der Waals surface area contributed by atoms with Crippen LogP contribution in [0.2, 0.25) is 0 Å². The number of hydrogen-bond acceptors (Lipinski definition) is 5. The lowest BCUT2D eigenvalue weighted by atomic mass is 9.98. The van der Waals surface area contributed by atoms with Gasteiger partial charge in [0.05, 0.1) is 0 Å². The van der Waals surface area contributed by atoms with E-state index in [9.17, 15) is 4.79 Å². The fraction of sp³-hybridized carbons (Fsp3) is 0.500. The van der Waals surface area contributed by atoms with Crippen LogP contribution in [-0.4, -0.2) is 65.9 Å². The maximum Gasteiger partial charge on any atom is 0.193 e. The zero-order valence-electron chi connectivity index (χ0n) is 17.4. The van der Waals surface area contributed by atoms with E-state index >= 15 is 0 Å². The van der Waals surface area contributed by atoms with E-state index in [1.54, 1.807) is 24.5 Å². The van der Waals surface area contributed by atoms with Crippen molar-refractivity contribution in [3.63, 3.8) is 0 Å². The largest absolute Gasteiger partial charge is 0.310 e. The number of nitrogens with zero attached hydrogens (tertiary/aromatic N) is 3. The minimum atomic E-state index is 0.0492. The number of nitrogens with one attached hydrogen (secondary N) is 1. The Bertz CT molecular complexity index is 776. The lowest BCUT2D eigenvalue weighted by Crippen LogP contribution is -2.49. The van der Waals surface area contributed by atoms with Crippen molar-refractivity contribution in [3.05, 3.63) is 65.5 Å². The van der Waals surface area contributed by atoms with Gasteiger partial charge in [-0.15, -0.1) is 0 Å².